The van der Waals surface area contributed by atoms with Crippen molar-refractivity contribution in [2.45, 2.75) is 31.5 Å². The van der Waals surface area contributed by atoms with Crippen LogP contribution in [-0.4, -0.2) is 7.05 Å². The van der Waals surface area contributed by atoms with Crippen molar-refractivity contribution < 1.29 is 13.2 Å². The molecule has 0 aromatic heterocycles. The molecule has 0 bridgehead atoms. The third kappa shape index (κ3) is 3.26. The van der Waals surface area contributed by atoms with E-state index in [1.54, 1.807) is 13.1 Å². The van der Waals surface area contributed by atoms with Gasteiger partial charge in [-0.2, -0.15) is 13.2 Å². The minimum atomic E-state index is -4.31. The van der Waals surface area contributed by atoms with Crippen LogP contribution in [0.15, 0.2) is 22.7 Å². The van der Waals surface area contributed by atoms with Crippen molar-refractivity contribution in [1.29, 1.82) is 0 Å². The molecule has 0 amide bonds. The highest BCUT2D eigenvalue weighted by atomic mass is 79.9. The molecule has 1 fully saturated rings. The second kappa shape index (κ2) is 5.21. The van der Waals surface area contributed by atoms with E-state index >= 15 is 0 Å². The fourth-order valence-corrected chi connectivity index (χ4v) is 2.56. The van der Waals surface area contributed by atoms with E-state index in [1.165, 1.54) is 25.0 Å². The lowest BCUT2D eigenvalue weighted by Crippen LogP contribution is -2.18. The van der Waals surface area contributed by atoms with Gasteiger partial charge in [0, 0.05) is 10.5 Å². The molecule has 0 aliphatic heterocycles. The Morgan fingerprint density at radius 1 is 1.39 bits per heavy atom. The summed E-state index contributed by atoms with van der Waals surface area (Å²) in [6, 6.07) is 4.48. The van der Waals surface area contributed by atoms with Gasteiger partial charge in [0.15, 0.2) is 0 Å². The Morgan fingerprint density at radius 3 is 2.56 bits per heavy atom. The highest BCUT2D eigenvalue weighted by Crippen LogP contribution is 2.40. The minimum Gasteiger partial charge on any atom is -0.313 e. The third-order valence-corrected chi connectivity index (χ3v) is 4.00. The summed E-state index contributed by atoms with van der Waals surface area (Å²) in [5.41, 5.74) is 0.107. The normalized spacial score (nSPS) is 17.8. The van der Waals surface area contributed by atoms with Gasteiger partial charge in [-0.3, -0.25) is 0 Å². The van der Waals surface area contributed by atoms with Crippen LogP contribution in [0.3, 0.4) is 0 Å². The van der Waals surface area contributed by atoms with Crippen LogP contribution in [-0.2, 0) is 6.18 Å². The fraction of sp³-hybridized carbons (Fsp3) is 0.538. The zero-order valence-electron chi connectivity index (χ0n) is 10.0. The van der Waals surface area contributed by atoms with Gasteiger partial charge in [-0.05, 0) is 37.1 Å². The van der Waals surface area contributed by atoms with Crippen LogP contribution >= 0.6 is 15.9 Å². The first-order valence-corrected chi connectivity index (χ1v) is 6.75. The van der Waals surface area contributed by atoms with Gasteiger partial charge in [0.1, 0.15) is 0 Å². The first-order valence-electron chi connectivity index (χ1n) is 5.95. The number of rotatable bonds is 4. The lowest BCUT2D eigenvalue weighted by atomic mass is 9.99. The summed E-state index contributed by atoms with van der Waals surface area (Å²) in [4.78, 5) is 0. The van der Waals surface area contributed by atoms with Crippen molar-refractivity contribution in [3.63, 3.8) is 0 Å². The molecule has 0 spiro atoms. The van der Waals surface area contributed by atoms with E-state index in [0.717, 1.165) is 6.42 Å². The van der Waals surface area contributed by atoms with Gasteiger partial charge in [0.05, 0.1) is 5.56 Å². The Labute approximate surface area is 113 Å². The first-order chi connectivity index (χ1) is 8.41. The molecule has 1 aliphatic rings. The molecule has 1 aliphatic carbocycles. The molecule has 1 nitrogen and oxygen atoms in total. The van der Waals surface area contributed by atoms with Crippen molar-refractivity contribution in [2.24, 2.45) is 5.92 Å². The Kier molecular flexibility index (Phi) is 4.02. The Bertz CT molecular complexity index is 427. The summed E-state index contributed by atoms with van der Waals surface area (Å²) in [7, 11) is 1.79. The predicted octanol–water partition coefficient (Wildman–Crippen LogP) is 4.53. The zero-order valence-corrected chi connectivity index (χ0v) is 11.6. The summed E-state index contributed by atoms with van der Waals surface area (Å²) in [5.74, 6) is 0.667. The molecular weight excluding hydrogens is 307 g/mol. The van der Waals surface area contributed by atoms with E-state index in [1.807, 2.05) is 0 Å². The van der Waals surface area contributed by atoms with E-state index in [4.69, 9.17) is 0 Å². The summed E-state index contributed by atoms with van der Waals surface area (Å²) < 4.78 is 38.6. The van der Waals surface area contributed by atoms with Crippen LogP contribution < -0.4 is 5.32 Å². The van der Waals surface area contributed by atoms with Crippen molar-refractivity contribution in [3.8, 4) is 0 Å². The zero-order chi connectivity index (χ0) is 13.3. The molecule has 18 heavy (non-hydrogen) atoms. The average molecular weight is 322 g/mol. The van der Waals surface area contributed by atoms with Crippen LogP contribution in [0.2, 0.25) is 0 Å². The van der Waals surface area contributed by atoms with Gasteiger partial charge in [-0.25, -0.2) is 0 Å². The maximum atomic E-state index is 12.8. The number of alkyl halides is 3. The number of halogens is 4. The Balaban J connectivity index is 2.26. The summed E-state index contributed by atoms with van der Waals surface area (Å²) in [5, 5.41) is 3.11. The quantitative estimate of drug-likeness (QED) is 0.859. The molecule has 1 aromatic rings. The lowest BCUT2D eigenvalue weighted by molar-refractivity contribution is -0.138. The first kappa shape index (κ1) is 13.9. The highest BCUT2D eigenvalue weighted by Gasteiger charge is 2.34. The van der Waals surface area contributed by atoms with Gasteiger partial charge >= 0.3 is 6.18 Å². The number of hydrogen-bond acceptors (Lipinski definition) is 1. The topological polar surface area (TPSA) is 12.0 Å². The Morgan fingerprint density at radius 2 is 2.06 bits per heavy atom. The molecule has 1 unspecified atom stereocenters. The van der Waals surface area contributed by atoms with Crippen molar-refractivity contribution >= 4 is 15.9 Å². The van der Waals surface area contributed by atoms with E-state index in [2.05, 4.69) is 21.2 Å². The Hall–Kier alpha value is -0.550. The minimum absolute atomic E-state index is 0.00620. The molecule has 2 rings (SSSR count). The molecule has 5 heteroatoms. The lowest BCUT2D eigenvalue weighted by Gasteiger charge is -2.18. The highest BCUT2D eigenvalue weighted by molar-refractivity contribution is 9.10. The molecule has 1 N–H and O–H groups in total. The molecule has 1 aromatic carbocycles. The number of hydrogen-bond donors (Lipinski definition) is 1. The fourth-order valence-electron chi connectivity index (χ4n) is 2.08. The molecule has 100 valence electrons. The smallest absolute Gasteiger partial charge is 0.313 e. The van der Waals surface area contributed by atoms with E-state index in [9.17, 15) is 13.2 Å². The standard InChI is InChI=1S/C13H15BrF3N/c1-18-12(6-8-2-3-8)9-4-5-11(14)10(7-9)13(15,16)17/h4-5,7-8,12,18H,2-3,6H2,1H3. The summed E-state index contributed by atoms with van der Waals surface area (Å²) in [6.07, 6.45) is -1.01. The second-order valence-corrected chi connectivity index (χ2v) is 5.61. The van der Waals surface area contributed by atoms with Gasteiger partial charge in [0.2, 0.25) is 0 Å². The van der Waals surface area contributed by atoms with E-state index < -0.39 is 11.7 Å². The molecule has 1 saturated carbocycles. The number of nitrogens with one attached hydrogen (secondary N) is 1. The summed E-state index contributed by atoms with van der Waals surface area (Å²) in [6.45, 7) is 0. The maximum Gasteiger partial charge on any atom is 0.417 e. The van der Waals surface area contributed by atoms with Gasteiger partial charge < -0.3 is 5.32 Å². The van der Waals surface area contributed by atoms with Crippen LogP contribution in [0.5, 0.6) is 0 Å². The van der Waals surface area contributed by atoms with Gasteiger partial charge in [0.25, 0.3) is 0 Å². The van der Waals surface area contributed by atoms with Crippen molar-refractivity contribution in [3.05, 3.63) is 33.8 Å². The molecule has 1 atom stereocenters. The van der Waals surface area contributed by atoms with E-state index in [0.29, 0.717) is 11.5 Å². The molecule has 0 saturated heterocycles. The molecule has 0 heterocycles. The monoisotopic (exact) mass is 321 g/mol. The van der Waals surface area contributed by atoms with Gasteiger partial charge in [-0.1, -0.05) is 34.8 Å². The van der Waals surface area contributed by atoms with E-state index in [-0.39, 0.29) is 10.5 Å². The summed E-state index contributed by atoms with van der Waals surface area (Å²) >= 11 is 2.96. The van der Waals surface area contributed by atoms with Crippen molar-refractivity contribution in [1.82, 2.24) is 5.32 Å². The van der Waals surface area contributed by atoms with Crippen LogP contribution in [0.25, 0.3) is 0 Å². The van der Waals surface area contributed by atoms with Crippen LogP contribution in [0.1, 0.15) is 36.4 Å². The van der Waals surface area contributed by atoms with Gasteiger partial charge in [-0.15, -0.1) is 0 Å². The maximum absolute atomic E-state index is 12.8. The second-order valence-electron chi connectivity index (χ2n) is 4.76. The largest absolute Gasteiger partial charge is 0.417 e. The molecule has 0 radical (unpaired) electrons. The number of benzene rings is 1. The predicted molar refractivity (Wildman–Crippen MR) is 68.3 cm³/mol. The molecular formula is C13H15BrF3N. The van der Waals surface area contributed by atoms with Crippen LogP contribution in [0, 0.1) is 5.92 Å². The average Bonchev–Trinajstić information content (AvgIpc) is 3.09. The van der Waals surface area contributed by atoms with Crippen LogP contribution in [0.4, 0.5) is 13.2 Å². The third-order valence-electron chi connectivity index (χ3n) is 3.31. The SMILES string of the molecule is CNC(CC1CC1)c1ccc(Br)c(C(F)(F)F)c1. The van der Waals surface area contributed by atoms with Crippen molar-refractivity contribution in [2.75, 3.05) is 7.05 Å².